The van der Waals surface area contributed by atoms with Crippen LogP contribution >= 0.6 is 35.1 Å². The first-order chi connectivity index (χ1) is 13.3. The third-order valence-electron chi connectivity index (χ3n) is 4.50. The van der Waals surface area contributed by atoms with E-state index < -0.39 is 0 Å². The van der Waals surface area contributed by atoms with Crippen LogP contribution in [0.15, 0.2) is 99.2 Å². The number of imidazole rings is 1. The maximum atomic E-state index is 6.12. The summed E-state index contributed by atoms with van der Waals surface area (Å²) in [5.74, 6) is 0. The van der Waals surface area contributed by atoms with Gasteiger partial charge in [-0.25, -0.2) is 4.98 Å². The minimum absolute atomic E-state index is 0.0946. The molecule has 132 valence electrons. The summed E-state index contributed by atoms with van der Waals surface area (Å²) >= 11 is 9.63. The summed E-state index contributed by atoms with van der Waals surface area (Å²) < 4.78 is 3.56. The lowest BCUT2D eigenvalue weighted by atomic mass is 10.1. The molecule has 27 heavy (non-hydrogen) atoms. The number of hydrogen-bond acceptors (Lipinski definition) is 3. The molecule has 0 saturated heterocycles. The lowest BCUT2D eigenvalue weighted by molar-refractivity contribution is 0.646. The topological polar surface area (TPSA) is 17.8 Å². The van der Waals surface area contributed by atoms with E-state index in [1.165, 1.54) is 14.7 Å². The molecule has 5 heteroatoms. The average molecular weight is 407 g/mol. The Bertz CT molecular complexity index is 1130. The lowest BCUT2D eigenvalue weighted by Crippen LogP contribution is -2.12. The van der Waals surface area contributed by atoms with Crippen LogP contribution < -0.4 is 0 Å². The summed E-state index contributed by atoms with van der Waals surface area (Å²) in [6.07, 6.45) is 2.33. The van der Waals surface area contributed by atoms with Crippen molar-refractivity contribution in [3.05, 3.63) is 99.8 Å². The summed E-state index contributed by atoms with van der Waals surface area (Å²) in [6, 6.07) is 27.0. The molecule has 0 radical (unpaired) electrons. The number of fused-ring (bicyclic) bond motifs is 3. The van der Waals surface area contributed by atoms with Gasteiger partial charge in [-0.2, -0.15) is 0 Å². The van der Waals surface area contributed by atoms with Gasteiger partial charge in [-0.15, -0.1) is 0 Å². The molecular weight excluding hydrogens is 392 g/mol. The number of aromatic nitrogens is 2. The van der Waals surface area contributed by atoms with Crippen molar-refractivity contribution in [1.29, 1.82) is 0 Å². The first-order valence-electron chi connectivity index (χ1n) is 8.63. The molecule has 0 fully saturated rings. The highest BCUT2D eigenvalue weighted by atomic mass is 35.5. The van der Waals surface area contributed by atoms with Crippen LogP contribution in [0.2, 0.25) is 5.02 Å². The van der Waals surface area contributed by atoms with Crippen molar-refractivity contribution in [3.63, 3.8) is 0 Å². The van der Waals surface area contributed by atoms with Crippen molar-refractivity contribution in [3.8, 4) is 0 Å². The fourth-order valence-electron chi connectivity index (χ4n) is 3.26. The van der Waals surface area contributed by atoms with Gasteiger partial charge in [0.2, 0.25) is 0 Å². The molecule has 0 amide bonds. The molecule has 1 atom stereocenters. The Labute approximate surface area is 171 Å². The van der Waals surface area contributed by atoms with Crippen LogP contribution in [0.3, 0.4) is 0 Å². The second kappa shape index (κ2) is 7.12. The molecule has 2 heterocycles. The number of benzene rings is 3. The zero-order valence-electron chi connectivity index (χ0n) is 14.2. The van der Waals surface area contributed by atoms with Gasteiger partial charge in [0.15, 0.2) is 5.16 Å². The van der Waals surface area contributed by atoms with Gasteiger partial charge in [0.25, 0.3) is 0 Å². The minimum Gasteiger partial charge on any atom is -0.307 e. The molecule has 0 spiro atoms. The van der Waals surface area contributed by atoms with Crippen LogP contribution in [0.25, 0.3) is 11.0 Å². The summed E-state index contributed by atoms with van der Waals surface area (Å²) in [6.45, 7) is 0. The van der Waals surface area contributed by atoms with E-state index in [-0.39, 0.29) is 6.04 Å². The summed E-state index contributed by atoms with van der Waals surface area (Å²) in [7, 11) is 0. The molecular formula is C22H15ClN2S2. The number of halogens is 1. The number of thioether (sulfide) groups is 2. The Hall–Kier alpha value is -2.14. The van der Waals surface area contributed by atoms with Crippen LogP contribution in [0.1, 0.15) is 11.6 Å². The van der Waals surface area contributed by atoms with Crippen molar-refractivity contribution < 1.29 is 0 Å². The first-order valence-corrected chi connectivity index (χ1v) is 10.6. The van der Waals surface area contributed by atoms with E-state index in [0.29, 0.717) is 0 Å². The third kappa shape index (κ3) is 3.29. The van der Waals surface area contributed by atoms with Gasteiger partial charge >= 0.3 is 0 Å². The van der Waals surface area contributed by atoms with Crippen LogP contribution in [0.4, 0.5) is 0 Å². The predicted octanol–water partition coefficient (Wildman–Crippen LogP) is 7.02. The molecule has 0 bridgehead atoms. The van der Waals surface area contributed by atoms with Crippen molar-refractivity contribution >= 4 is 46.2 Å². The number of hydrogen-bond donors (Lipinski definition) is 0. The number of allylic oxidation sites excluding steroid dienone is 1. The molecule has 0 N–H and O–H groups in total. The van der Waals surface area contributed by atoms with Crippen LogP contribution in [0.5, 0.6) is 0 Å². The van der Waals surface area contributed by atoms with Crippen molar-refractivity contribution in [2.45, 2.75) is 16.1 Å². The summed E-state index contributed by atoms with van der Waals surface area (Å²) in [5, 5.41) is 1.78. The quantitative estimate of drug-likeness (QED) is 0.364. The van der Waals surface area contributed by atoms with Gasteiger partial charge in [0.05, 0.1) is 21.3 Å². The Kier molecular flexibility index (Phi) is 4.48. The van der Waals surface area contributed by atoms with E-state index in [4.69, 9.17) is 16.6 Å². The molecule has 2 nitrogen and oxygen atoms in total. The fourth-order valence-corrected chi connectivity index (χ4v) is 5.61. The molecule has 4 aromatic rings. The standard InChI is InChI=1S/C22H15ClN2S2/c23-16-12-10-15(11-13-16)20-14-21(26-17-6-2-1-3-7-17)27-22-24-18-8-4-5-9-19(18)25(20)22/h1-14,20H. The summed E-state index contributed by atoms with van der Waals surface area (Å²) in [4.78, 5) is 6.12. The van der Waals surface area contributed by atoms with Gasteiger partial charge in [0.1, 0.15) is 0 Å². The van der Waals surface area contributed by atoms with Crippen LogP contribution in [-0.4, -0.2) is 9.55 Å². The van der Waals surface area contributed by atoms with Gasteiger partial charge in [-0.05, 0) is 59.8 Å². The molecule has 1 unspecified atom stereocenters. The Morgan fingerprint density at radius 2 is 1.63 bits per heavy atom. The Morgan fingerprint density at radius 1 is 0.889 bits per heavy atom. The van der Waals surface area contributed by atoms with E-state index in [2.05, 4.69) is 65.2 Å². The minimum atomic E-state index is 0.0946. The molecule has 3 aromatic carbocycles. The Balaban J connectivity index is 1.63. The van der Waals surface area contributed by atoms with E-state index in [1.54, 1.807) is 23.5 Å². The number of nitrogens with zero attached hydrogens (tertiary/aromatic N) is 2. The molecule has 1 aliphatic heterocycles. The van der Waals surface area contributed by atoms with Crippen LogP contribution in [-0.2, 0) is 0 Å². The normalized spacial score (nSPS) is 16.2. The van der Waals surface area contributed by atoms with Crippen molar-refractivity contribution in [2.75, 3.05) is 0 Å². The number of para-hydroxylation sites is 2. The van der Waals surface area contributed by atoms with Gasteiger partial charge in [-0.1, -0.05) is 65.8 Å². The lowest BCUT2D eigenvalue weighted by Gasteiger charge is -2.24. The zero-order chi connectivity index (χ0) is 18.2. The van der Waals surface area contributed by atoms with Gasteiger partial charge < -0.3 is 4.57 Å². The second-order valence-corrected chi connectivity index (χ2v) is 9.07. The number of rotatable bonds is 3. The first kappa shape index (κ1) is 17.0. The van der Waals surface area contributed by atoms with E-state index >= 15 is 0 Å². The zero-order valence-corrected chi connectivity index (χ0v) is 16.6. The van der Waals surface area contributed by atoms with E-state index in [9.17, 15) is 0 Å². The molecule has 1 aliphatic rings. The smallest absolute Gasteiger partial charge is 0.175 e. The molecule has 0 saturated carbocycles. The van der Waals surface area contributed by atoms with Crippen molar-refractivity contribution in [1.82, 2.24) is 9.55 Å². The highest BCUT2D eigenvalue weighted by molar-refractivity contribution is 8.22. The Morgan fingerprint density at radius 3 is 2.44 bits per heavy atom. The highest BCUT2D eigenvalue weighted by Gasteiger charge is 2.26. The van der Waals surface area contributed by atoms with E-state index in [1.807, 2.05) is 24.3 Å². The maximum absolute atomic E-state index is 6.12. The predicted molar refractivity (Wildman–Crippen MR) is 116 cm³/mol. The SMILES string of the molecule is Clc1ccc(C2C=C(Sc3ccccc3)Sc3nc4ccccc4n32)cc1. The second-order valence-electron chi connectivity index (χ2n) is 6.25. The molecule has 5 rings (SSSR count). The largest absolute Gasteiger partial charge is 0.307 e. The maximum Gasteiger partial charge on any atom is 0.175 e. The monoisotopic (exact) mass is 406 g/mol. The highest BCUT2D eigenvalue weighted by Crippen LogP contribution is 2.46. The fraction of sp³-hybridized carbons (Fsp3) is 0.0455. The summed E-state index contributed by atoms with van der Waals surface area (Å²) in [5.41, 5.74) is 3.38. The third-order valence-corrected chi connectivity index (χ3v) is 6.91. The van der Waals surface area contributed by atoms with Crippen molar-refractivity contribution in [2.24, 2.45) is 0 Å². The van der Waals surface area contributed by atoms with Crippen LogP contribution in [0, 0.1) is 0 Å². The van der Waals surface area contributed by atoms with Gasteiger partial charge in [-0.3, -0.25) is 0 Å². The molecule has 0 aliphatic carbocycles. The average Bonchev–Trinajstić information content (AvgIpc) is 3.07. The van der Waals surface area contributed by atoms with Gasteiger partial charge in [0, 0.05) is 9.92 Å². The molecule has 1 aromatic heterocycles. The van der Waals surface area contributed by atoms with E-state index in [0.717, 1.165) is 21.2 Å².